The van der Waals surface area contributed by atoms with E-state index >= 15 is 0 Å². The SMILES string of the molecule is OCc1ccc2ccn(CCc3ccncc3)c2c1. The van der Waals surface area contributed by atoms with Crippen molar-refractivity contribution in [3.05, 3.63) is 66.1 Å². The Morgan fingerprint density at radius 1 is 1.00 bits per heavy atom. The summed E-state index contributed by atoms with van der Waals surface area (Å²) in [6.45, 7) is 1.02. The first-order valence-corrected chi connectivity index (χ1v) is 6.44. The molecule has 0 unspecified atom stereocenters. The lowest BCUT2D eigenvalue weighted by Crippen LogP contribution is -2.00. The molecule has 0 fully saturated rings. The van der Waals surface area contributed by atoms with Gasteiger partial charge in [-0.1, -0.05) is 12.1 Å². The van der Waals surface area contributed by atoms with Crippen LogP contribution < -0.4 is 0 Å². The van der Waals surface area contributed by atoms with E-state index in [0.717, 1.165) is 18.5 Å². The monoisotopic (exact) mass is 252 g/mol. The van der Waals surface area contributed by atoms with Gasteiger partial charge in [-0.2, -0.15) is 0 Å². The van der Waals surface area contributed by atoms with E-state index in [1.165, 1.54) is 16.5 Å². The topological polar surface area (TPSA) is 38.0 Å². The van der Waals surface area contributed by atoms with Gasteiger partial charge in [0.1, 0.15) is 0 Å². The molecule has 0 aliphatic rings. The molecule has 3 heteroatoms. The van der Waals surface area contributed by atoms with Gasteiger partial charge in [0.2, 0.25) is 0 Å². The molecule has 0 atom stereocenters. The Kier molecular flexibility index (Phi) is 3.29. The normalized spacial score (nSPS) is 11.0. The summed E-state index contributed by atoms with van der Waals surface area (Å²) in [7, 11) is 0. The van der Waals surface area contributed by atoms with Crippen LogP contribution in [0.2, 0.25) is 0 Å². The van der Waals surface area contributed by atoms with Gasteiger partial charge in [0, 0.05) is 30.7 Å². The summed E-state index contributed by atoms with van der Waals surface area (Å²) in [4.78, 5) is 4.03. The zero-order chi connectivity index (χ0) is 13.1. The minimum atomic E-state index is 0.0888. The van der Waals surface area contributed by atoms with Crippen LogP contribution in [0.1, 0.15) is 11.1 Å². The van der Waals surface area contributed by atoms with Gasteiger partial charge in [0.25, 0.3) is 0 Å². The van der Waals surface area contributed by atoms with Crippen molar-refractivity contribution in [2.24, 2.45) is 0 Å². The molecule has 0 saturated heterocycles. The zero-order valence-corrected chi connectivity index (χ0v) is 10.7. The molecular formula is C16H16N2O. The van der Waals surface area contributed by atoms with Gasteiger partial charge in [-0.15, -0.1) is 0 Å². The number of hydrogen-bond donors (Lipinski definition) is 1. The Labute approximate surface area is 112 Å². The molecule has 2 heterocycles. The number of rotatable bonds is 4. The largest absolute Gasteiger partial charge is 0.392 e. The van der Waals surface area contributed by atoms with Crippen LogP contribution in [0, 0.1) is 0 Å². The highest BCUT2D eigenvalue weighted by Gasteiger charge is 2.02. The number of fused-ring (bicyclic) bond motifs is 1. The first-order valence-electron chi connectivity index (χ1n) is 6.44. The fraction of sp³-hybridized carbons (Fsp3) is 0.188. The van der Waals surface area contributed by atoms with Gasteiger partial charge < -0.3 is 9.67 Å². The fourth-order valence-corrected chi connectivity index (χ4v) is 2.32. The summed E-state index contributed by atoms with van der Waals surface area (Å²) in [5.41, 5.74) is 3.42. The lowest BCUT2D eigenvalue weighted by molar-refractivity contribution is 0.282. The van der Waals surface area contributed by atoms with Crippen LogP contribution in [-0.2, 0) is 19.6 Å². The average Bonchev–Trinajstić information content (AvgIpc) is 2.88. The molecule has 0 saturated carbocycles. The van der Waals surface area contributed by atoms with Gasteiger partial charge in [0.05, 0.1) is 6.61 Å². The van der Waals surface area contributed by atoms with E-state index in [2.05, 4.69) is 33.9 Å². The van der Waals surface area contributed by atoms with Crippen molar-refractivity contribution in [3.63, 3.8) is 0 Å². The van der Waals surface area contributed by atoms with Crippen LogP contribution in [0.4, 0.5) is 0 Å². The van der Waals surface area contributed by atoms with Crippen LogP contribution in [0.25, 0.3) is 10.9 Å². The zero-order valence-electron chi connectivity index (χ0n) is 10.7. The lowest BCUT2D eigenvalue weighted by Gasteiger charge is -2.06. The summed E-state index contributed by atoms with van der Waals surface area (Å²) in [6.07, 6.45) is 6.74. The fourth-order valence-electron chi connectivity index (χ4n) is 2.32. The maximum absolute atomic E-state index is 9.22. The van der Waals surface area contributed by atoms with E-state index < -0.39 is 0 Å². The summed E-state index contributed by atoms with van der Waals surface area (Å²) in [5.74, 6) is 0. The molecule has 0 aliphatic carbocycles. The van der Waals surface area contributed by atoms with E-state index in [1.54, 1.807) is 0 Å². The number of aliphatic hydroxyl groups is 1. The lowest BCUT2D eigenvalue weighted by atomic mass is 10.1. The van der Waals surface area contributed by atoms with Crippen molar-refractivity contribution >= 4 is 10.9 Å². The second-order valence-electron chi connectivity index (χ2n) is 4.67. The number of benzene rings is 1. The third kappa shape index (κ3) is 2.51. The highest BCUT2D eigenvalue weighted by molar-refractivity contribution is 5.80. The molecule has 0 bridgehead atoms. The van der Waals surface area contributed by atoms with Crippen molar-refractivity contribution in [2.75, 3.05) is 0 Å². The molecule has 0 radical (unpaired) electrons. The summed E-state index contributed by atoms with van der Waals surface area (Å²) in [5, 5.41) is 10.4. The van der Waals surface area contributed by atoms with Crippen molar-refractivity contribution in [1.29, 1.82) is 0 Å². The minimum Gasteiger partial charge on any atom is -0.392 e. The summed E-state index contributed by atoms with van der Waals surface area (Å²) in [6, 6.07) is 12.3. The summed E-state index contributed by atoms with van der Waals surface area (Å²) >= 11 is 0. The number of pyridine rings is 1. The molecule has 1 N–H and O–H groups in total. The Hall–Kier alpha value is -2.13. The third-order valence-electron chi connectivity index (χ3n) is 3.41. The third-order valence-corrected chi connectivity index (χ3v) is 3.41. The van der Waals surface area contributed by atoms with Crippen molar-refractivity contribution in [1.82, 2.24) is 9.55 Å². The predicted octanol–water partition coefficient (Wildman–Crippen LogP) is 2.77. The Bertz CT molecular complexity index is 674. The van der Waals surface area contributed by atoms with Gasteiger partial charge >= 0.3 is 0 Å². The van der Waals surface area contributed by atoms with Crippen molar-refractivity contribution < 1.29 is 5.11 Å². The van der Waals surface area contributed by atoms with Gasteiger partial charge in [-0.05, 0) is 47.2 Å². The smallest absolute Gasteiger partial charge is 0.0682 e. The number of aliphatic hydroxyl groups excluding tert-OH is 1. The van der Waals surface area contributed by atoms with E-state index in [4.69, 9.17) is 0 Å². The molecule has 19 heavy (non-hydrogen) atoms. The second-order valence-corrected chi connectivity index (χ2v) is 4.67. The Morgan fingerprint density at radius 2 is 1.84 bits per heavy atom. The molecule has 1 aromatic carbocycles. The van der Waals surface area contributed by atoms with E-state index in [9.17, 15) is 5.11 Å². The number of hydrogen-bond acceptors (Lipinski definition) is 2. The summed E-state index contributed by atoms with van der Waals surface area (Å²) < 4.78 is 2.23. The maximum atomic E-state index is 9.22. The highest BCUT2D eigenvalue weighted by atomic mass is 16.3. The predicted molar refractivity (Wildman–Crippen MR) is 75.8 cm³/mol. The molecule has 0 amide bonds. The van der Waals surface area contributed by atoms with Crippen LogP contribution in [0.3, 0.4) is 0 Å². The van der Waals surface area contributed by atoms with Crippen LogP contribution in [0.5, 0.6) is 0 Å². The molecule has 96 valence electrons. The van der Waals surface area contributed by atoms with Crippen molar-refractivity contribution in [3.8, 4) is 0 Å². The molecule has 2 aromatic heterocycles. The molecule has 0 spiro atoms. The van der Waals surface area contributed by atoms with Crippen LogP contribution in [0.15, 0.2) is 55.0 Å². The van der Waals surface area contributed by atoms with Crippen molar-refractivity contribution in [2.45, 2.75) is 19.6 Å². The molecular weight excluding hydrogens is 236 g/mol. The number of aryl methyl sites for hydroxylation is 2. The van der Waals surface area contributed by atoms with E-state index in [1.807, 2.05) is 30.6 Å². The number of aromatic nitrogens is 2. The standard InChI is InChI=1S/C16H16N2O/c19-12-14-1-2-15-6-10-18(16(15)11-14)9-5-13-3-7-17-8-4-13/h1-4,6-8,10-11,19H,5,9,12H2. The van der Waals surface area contributed by atoms with Gasteiger partial charge in [-0.3, -0.25) is 4.98 Å². The Balaban J connectivity index is 1.84. The van der Waals surface area contributed by atoms with Crippen LogP contribution in [-0.4, -0.2) is 14.7 Å². The van der Waals surface area contributed by atoms with Crippen LogP contribution >= 0.6 is 0 Å². The molecule has 3 rings (SSSR count). The molecule has 0 aliphatic heterocycles. The van der Waals surface area contributed by atoms with Gasteiger partial charge in [-0.25, -0.2) is 0 Å². The maximum Gasteiger partial charge on any atom is 0.0682 e. The molecule has 3 aromatic rings. The van der Waals surface area contributed by atoms with E-state index in [-0.39, 0.29) is 6.61 Å². The highest BCUT2D eigenvalue weighted by Crippen LogP contribution is 2.18. The Morgan fingerprint density at radius 3 is 2.63 bits per heavy atom. The number of nitrogens with zero attached hydrogens (tertiary/aromatic N) is 2. The molecule has 3 nitrogen and oxygen atoms in total. The minimum absolute atomic E-state index is 0.0888. The van der Waals surface area contributed by atoms with E-state index in [0.29, 0.717) is 0 Å². The quantitative estimate of drug-likeness (QED) is 0.775. The first kappa shape index (κ1) is 11.9. The first-order chi connectivity index (χ1) is 9.36. The van der Waals surface area contributed by atoms with Gasteiger partial charge in [0.15, 0.2) is 0 Å². The average molecular weight is 252 g/mol. The second kappa shape index (κ2) is 5.24.